The van der Waals surface area contributed by atoms with Crippen LogP contribution in [0.4, 0.5) is 5.69 Å². The maximum absolute atomic E-state index is 6.17. The van der Waals surface area contributed by atoms with Gasteiger partial charge in [0.1, 0.15) is 0 Å². The summed E-state index contributed by atoms with van der Waals surface area (Å²) in [4.78, 5) is 4.27. The van der Waals surface area contributed by atoms with E-state index in [1.807, 2.05) is 19.9 Å². The molecule has 1 aliphatic rings. The molecule has 2 rings (SSSR count). The van der Waals surface area contributed by atoms with Crippen molar-refractivity contribution in [2.75, 3.05) is 18.4 Å². The predicted octanol–water partition coefficient (Wildman–Crippen LogP) is 2.75. The molecule has 0 saturated heterocycles. The van der Waals surface area contributed by atoms with Gasteiger partial charge in [0.15, 0.2) is 5.96 Å². The Morgan fingerprint density at radius 1 is 1.38 bits per heavy atom. The number of halogens is 2. The molecule has 0 saturated carbocycles. The fourth-order valence-electron chi connectivity index (χ4n) is 1.67. The number of hydrogen-bond acceptors (Lipinski definition) is 3. The number of aliphatic imine (C=N–C) groups is 1. The highest BCUT2D eigenvalue weighted by molar-refractivity contribution is 6.34. The van der Waals surface area contributed by atoms with Crippen molar-refractivity contribution in [2.24, 2.45) is 4.99 Å². The summed E-state index contributed by atoms with van der Waals surface area (Å²) in [6.45, 7) is 5.79. The number of guanidine groups is 1. The SMILES string of the molecule is Cc1cc(C)c(NC2=NCCN2)c(Cl)c1.Cl. The first kappa shape index (κ1) is 13.1. The molecule has 16 heavy (non-hydrogen) atoms. The molecular formula is C11H15Cl2N3. The van der Waals surface area contributed by atoms with Crippen LogP contribution in [0.5, 0.6) is 0 Å². The lowest BCUT2D eigenvalue weighted by Crippen LogP contribution is -2.26. The van der Waals surface area contributed by atoms with Gasteiger partial charge in [-0.05, 0) is 31.0 Å². The third-order valence-corrected chi connectivity index (χ3v) is 2.65. The standard InChI is InChI=1S/C11H14ClN3.ClH/c1-7-5-8(2)10(9(12)6-7)15-11-13-3-4-14-11;/h5-6H,3-4H2,1-2H3,(H2,13,14,15);1H. The lowest BCUT2D eigenvalue weighted by atomic mass is 10.1. The highest BCUT2D eigenvalue weighted by Crippen LogP contribution is 2.27. The van der Waals surface area contributed by atoms with Gasteiger partial charge in [0, 0.05) is 6.54 Å². The Bertz CT molecular complexity index is 393. The van der Waals surface area contributed by atoms with E-state index in [9.17, 15) is 0 Å². The van der Waals surface area contributed by atoms with Crippen molar-refractivity contribution in [2.45, 2.75) is 13.8 Å². The van der Waals surface area contributed by atoms with E-state index in [-0.39, 0.29) is 12.4 Å². The van der Waals surface area contributed by atoms with Crippen LogP contribution in [0, 0.1) is 13.8 Å². The maximum Gasteiger partial charge on any atom is 0.195 e. The molecule has 1 aromatic carbocycles. The van der Waals surface area contributed by atoms with Gasteiger partial charge in [-0.3, -0.25) is 4.99 Å². The van der Waals surface area contributed by atoms with Gasteiger partial charge in [0.05, 0.1) is 17.3 Å². The van der Waals surface area contributed by atoms with E-state index in [0.29, 0.717) is 0 Å². The summed E-state index contributed by atoms with van der Waals surface area (Å²) in [7, 11) is 0. The van der Waals surface area contributed by atoms with Crippen LogP contribution in [0.25, 0.3) is 0 Å². The van der Waals surface area contributed by atoms with E-state index in [1.54, 1.807) is 0 Å². The van der Waals surface area contributed by atoms with Gasteiger partial charge >= 0.3 is 0 Å². The van der Waals surface area contributed by atoms with E-state index in [1.165, 1.54) is 5.56 Å². The van der Waals surface area contributed by atoms with Gasteiger partial charge in [-0.25, -0.2) is 0 Å². The summed E-state index contributed by atoms with van der Waals surface area (Å²) in [5.41, 5.74) is 3.25. The van der Waals surface area contributed by atoms with Crippen LogP contribution in [0.15, 0.2) is 17.1 Å². The third-order valence-electron chi connectivity index (χ3n) is 2.35. The van der Waals surface area contributed by atoms with Gasteiger partial charge in [0.25, 0.3) is 0 Å². The zero-order chi connectivity index (χ0) is 10.8. The Kier molecular flexibility index (Phi) is 4.44. The Morgan fingerprint density at radius 3 is 2.69 bits per heavy atom. The van der Waals surface area contributed by atoms with Crippen molar-refractivity contribution in [3.05, 3.63) is 28.3 Å². The van der Waals surface area contributed by atoms with Crippen molar-refractivity contribution in [3.8, 4) is 0 Å². The number of hydrogen-bond donors (Lipinski definition) is 2. The molecule has 0 fully saturated rings. The summed E-state index contributed by atoms with van der Waals surface area (Å²) >= 11 is 6.17. The average molecular weight is 260 g/mol. The molecule has 0 spiro atoms. The third kappa shape index (κ3) is 2.80. The first-order chi connectivity index (χ1) is 7.16. The molecule has 1 aliphatic heterocycles. The minimum Gasteiger partial charge on any atom is -0.354 e. The second-order valence-corrected chi connectivity index (χ2v) is 4.13. The van der Waals surface area contributed by atoms with Gasteiger partial charge < -0.3 is 10.6 Å². The summed E-state index contributed by atoms with van der Waals surface area (Å²) < 4.78 is 0. The van der Waals surface area contributed by atoms with Crippen LogP contribution >= 0.6 is 24.0 Å². The smallest absolute Gasteiger partial charge is 0.195 e. The molecule has 1 aromatic rings. The minimum absolute atomic E-state index is 0. The number of rotatable bonds is 1. The van der Waals surface area contributed by atoms with Crippen LogP contribution in [0.2, 0.25) is 5.02 Å². The van der Waals surface area contributed by atoms with Crippen molar-refractivity contribution in [1.82, 2.24) is 5.32 Å². The van der Waals surface area contributed by atoms with Crippen LogP contribution in [0.3, 0.4) is 0 Å². The molecule has 0 aliphatic carbocycles. The predicted molar refractivity (Wildman–Crippen MR) is 72.1 cm³/mol. The van der Waals surface area contributed by atoms with Crippen molar-refractivity contribution >= 4 is 35.7 Å². The van der Waals surface area contributed by atoms with E-state index in [2.05, 4.69) is 21.7 Å². The van der Waals surface area contributed by atoms with Gasteiger partial charge in [-0.1, -0.05) is 17.7 Å². The normalized spacial score (nSPS) is 13.8. The Labute approximate surface area is 107 Å². The number of benzene rings is 1. The molecule has 0 amide bonds. The van der Waals surface area contributed by atoms with Crippen LogP contribution in [-0.2, 0) is 0 Å². The molecule has 0 unspecified atom stereocenters. The Hall–Kier alpha value is -0.930. The summed E-state index contributed by atoms with van der Waals surface area (Å²) in [5, 5.41) is 7.11. The van der Waals surface area contributed by atoms with Gasteiger partial charge in [-0.15, -0.1) is 12.4 Å². The van der Waals surface area contributed by atoms with Gasteiger partial charge in [-0.2, -0.15) is 0 Å². The number of nitrogens with one attached hydrogen (secondary N) is 2. The van der Waals surface area contributed by atoms with Crippen molar-refractivity contribution < 1.29 is 0 Å². The maximum atomic E-state index is 6.17. The fraction of sp³-hybridized carbons (Fsp3) is 0.364. The van der Waals surface area contributed by atoms with Crippen LogP contribution < -0.4 is 10.6 Å². The Balaban J connectivity index is 0.00000128. The zero-order valence-electron chi connectivity index (χ0n) is 9.30. The summed E-state index contributed by atoms with van der Waals surface area (Å²) in [6.07, 6.45) is 0. The number of anilines is 1. The lowest BCUT2D eigenvalue weighted by molar-refractivity contribution is 0.959. The van der Waals surface area contributed by atoms with E-state index in [4.69, 9.17) is 11.6 Å². The topological polar surface area (TPSA) is 36.4 Å². The second kappa shape index (κ2) is 5.41. The molecule has 2 N–H and O–H groups in total. The molecule has 0 radical (unpaired) electrons. The summed E-state index contributed by atoms with van der Waals surface area (Å²) in [6, 6.07) is 4.05. The first-order valence-electron chi connectivity index (χ1n) is 4.99. The molecule has 3 nitrogen and oxygen atoms in total. The second-order valence-electron chi connectivity index (χ2n) is 3.72. The highest BCUT2D eigenvalue weighted by Gasteiger charge is 2.10. The minimum atomic E-state index is 0. The van der Waals surface area contributed by atoms with Gasteiger partial charge in [0.2, 0.25) is 0 Å². The fourth-order valence-corrected chi connectivity index (χ4v) is 2.04. The van der Waals surface area contributed by atoms with Crippen LogP contribution in [-0.4, -0.2) is 19.0 Å². The molecule has 0 bridgehead atoms. The molecule has 0 aromatic heterocycles. The largest absolute Gasteiger partial charge is 0.354 e. The zero-order valence-corrected chi connectivity index (χ0v) is 10.9. The lowest BCUT2D eigenvalue weighted by Gasteiger charge is -2.12. The monoisotopic (exact) mass is 259 g/mol. The molecule has 0 atom stereocenters. The van der Waals surface area contributed by atoms with E-state index >= 15 is 0 Å². The number of aryl methyl sites for hydroxylation is 2. The van der Waals surface area contributed by atoms with Crippen molar-refractivity contribution in [1.29, 1.82) is 0 Å². The average Bonchev–Trinajstić information content (AvgIpc) is 2.63. The first-order valence-corrected chi connectivity index (χ1v) is 5.37. The van der Waals surface area contributed by atoms with E-state index in [0.717, 1.165) is 35.3 Å². The Morgan fingerprint density at radius 2 is 2.12 bits per heavy atom. The number of nitrogens with zero attached hydrogens (tertiary/aromatic N) is 1. The molecule has 5 heteroatoms. The highest BCUT2D eigenvalue weighted by atomic mass is 35.5. The molecule has 88 valence electrons. The molecule has 1 heterocycles. The summed E-state index contributed by atoms with van der Waals surface area (Å²) in [5.74, 6) is 0.809. The van der Waals surface area contributed by atoms with Crippen LogP contribution in [0.1, 0.15) is 11.1 Å². The molecular weight excluding hydrogens is 245 g/mol. The van der Waals surface area contributed by atoms with Crippen molar-refractivity contribution in [3.63, 3.8) is 0 Å². The van der Waals surface area contributed by atoms with E-state index < -0.39 is 0 Å². The quantitative estimate of drug-likeness (QED) is 0.814.